The van der Waals surface area contributed by atoms with Gasteiger partial charge in [0.2, 0.25) is 0 Å². The van der Waals surface area contributed by atoms with Crippen LogP contribution in [-0.2, 0) is 9.59 Å². The Morgan fingerprint density at radius 3 is 2.00 bits per heavy atom. The SMILES string of the molecule is CC(CC(C)C)=C(CC(=O)O)C(=O)O. The summed E-state index contributed by atoms with van der Waals surface area (Å²) in [5.41, 5.74) is 0.654. The molecule has 0 rings (SSSR count). The van der Waals surface area contributed by atoms with Gasteiger partial charge in [0.25, 0.3) is 0 Å². The monoisotopic (exact) mass is 200 g/mol. The van der Waals surface area contributed by atoms with Gasteiger partial charge < -0.3 is 10.2 Å². The van der Waals surface area contributed by atoms with E-state index >= 15 is 0 Å². The molecule has 0 aromatic carbocycles. The maximum absolute atomic E-state index is 10.7. The van der Waals surface area contributed by atoms with Gasteiger partial charge in [0.1, 0.15) is 0 Å². The number of carbonyl (C=O) groups is 2. The van der Waals surface area contributed by atoms with E-state index in [4.69, 9.17) is 10.2 Å². The number of hydrogen-bond acceptors (Lipinski definition) is 2. The maximum Gasteiger partial charge on any atom is 0.332 e. The quantitative estimate of drug-likeness (QED) is 0.665. The molecule has 0 aliphatic heterocycles. The van der Waals surface area contributed by atoms with Gasteiger partial charge in [-0.25, -0.2) is 4.79 Å². The molecule has 4 nitrogen and oxygen atoms in total. The maximum atomic E-state index is 10.7. The number of hydrogen-bond donors (Lipinski definition) is 2. The second kappa shape index (κ2) is 5.42. The topological polar surface area (TPSA) is 74.6 Å². The van der Waals surface area contributed by atoms with Crippen molar-refractivity contribution in [2.75, 3.05) is 0 Å². The van der Waals surface area contributed by atoms with Crippen LogP contribution in [0, 0.1) is 5.92 Å². The normalized spacial score (nSPS) is 12.6. The molecule has 14 heavy (non-hydrogen) atoms. The van der Waals surface area contributed by atoms with Crippen molar-refractivity contribution >= 4 is 11.9 Å². The third kappa shape index (κ3) is 4.64. The molecule has 0 saturated carbocycles. The van der Waals surface area contributed by atoms with E-state index in [1.165, 1.54) is 0 Å². The first-order chi connectivity index (χ1) is 6.34. The van der Waals surface area contributed by atoms with E-state index in [0.29, 0.717) is 17.9 Å². The first kappa shape index (κ1) is 12.7. The molecule has 0 saturated heterocycles. The fourth-order valence-corrected chi connectivity index (χ4v) is 1.30. The van der Waals surface area contributed by atoms with Crippen molar-refractivity contribution in [3.05, 3.63) is 11.1 Å². The zero-order valence-corrected chi connectivity index (χ0v) is 8.70. The lowest BCUT2D eigenvalue weighted by Gasteiger charge is -2.08. The second-order valence-corrected chi connectivity index (χ2v) is 3.73. The average Bonchev–Trinajstić information content (AvgIpc) is 1.97. The zero-order valence-electron chi connectivity index (χ0n) is 8.70. The van der Waals surface area contributed by atoms with E-state index in [1.807, 2.05) is 13.8 Å². The zero-order chi connectivity index (χ0) is 11.3. The lowest BCUT2D eigenvalue weighted by molar-refractivity contribution is -0.139. The van der Waals surface area contributed by atoms with Crippen LogP contribution in [0.4, 0.5) is 0 Å². The van der Waals surface area contributed by atoms with Gasteiger partial charge in [-0.1, -0.05) is 19.4 Å². The predicted octanol–water partition coefficient (Wildman–Crippen LogP) is 1.91. The van der Waals surface area contributed by atoms with Crippen molar-refractivity contribution in [1.29, 1.82) is 0 Å². The number of aliphatic carboxylic acids is 2. The fraction of sp³-hybridized carbons (Fsp3) is 0.600. The molecule has 0 unspecified atom stereocenters. The van der Waals surface area contributed by atoms with Crippen molar-refractivity contribution in [3.8, 4) is 0 Å². The summed E-state index contributed by atoms with van der Waals surface area (Å²) in [6.07, 6.45) is 0.211. The molecule has 0 radical (unpaired) electrons. The number of allylic oxidation sites excluding steroid dienone is 1. The summed E-state index contributed by atoms with van der Waals surface area (Å²) in [6, 6.07) is 0. The Hall–Kier alpha value is -1.32. The Kier molecular flexibility index (Phi) is 4.91. The van der Waals surface area contributed by atoms with Gasteiger partial charge in [0.15, 0.2) is 0 Å². The fourth-order valence-electron chi connectivity index (χ4n) is 1.30. The Balaban J connectivity index is 4.76. The van der Waals surface area contributed by atoms with E-state index in [1.54, 1.807) is 6.92 Å². The van der Waals surface area contributed by atoms with Gasteiger partial charge in [0, 0.05) is 5.57 Å². The summed E-state index contributed by atoms with van der Waals surface area (Å²) in [4.78, 5) is 21.1. The molecule has 0 fully saturated rings. The average molecular weight is 200 g/mol. The highest BCUT2D eigenvalue weighted by molar-refractivity contribution is 5.92. The molecule has 0 aliphatic carbocycles. The molecular weight excluding hydrogens is 184 g/mol. The molecular formula is C10H16O4. The van der Waals surface area contributed by atoms with Crippen LogP contribution in [0.1, 0.15) is 33.6 Å². The van der Waals surface area contributed by atoms with Crippen molar-refractivity contribution in [2.45, 2.75) is 33.6 Å². The molecule has 0 aromatic heterocycles. The highest BCUT2D eigenvalue weighted by Gasteiger charge is 2.15. The molecule has 0 aliphatic rings. The molecule has 2 N–H and O–H groups in total. The van der Waals surface area contributed by atoms with Crippen molar-refractivity contribution in [3.63, 3.8) is 0 Å². The molecule has 0 amide bonds. The predicted molar refractivity (Wildman–Crippen MR) is 52.0 cm³/mol. The van der Waals surface area contributed by atoms with Crippen LogP contribution in [0.15, 0.2) is 11.1 Å². The number of carboxylic acid groups (broad SMARTS) is 2. The van der Waals surface area contributed by atoms with Crippen LogP contribution < -0.4 is 0 Å². The molecule has 0 atom stereocenters. The highest BCUT2D eigenvalue weighted by atomic mass is 16.4. The van der Waals surface area contributed by atoms with E-state index in [0.717, 1.165) is 0 Å². The summed E-state index contributed by atoms with van der Waals surface area (Å²) >= 11 is 0. The minimum atomic E-state index is -1.13. The van der Waals surface area contributed by atoms with E-state index in [2.05, 4.69) is 0 Å². The Morgan fingerprint density at radius 1 is 1.21 bits per heavy atom. The number of rotatable bonds is 5. The van der Waals surface area contributed by atoms with Crippen LogP contribution in [-0.4, -0.2) is 22.2 Å². The summed E-state index contributed by atoms with van der Waals surface area (Å²) < 4.78 is 0. The highest BCUT2D eigenvalue weighted by Crippen LogP contribution is 2.17. The van der Waals surface area contributed by atoms with Crippen molar-refractivity contribution < 1.29 is 19.8 Å². The third-order valence-corrected chi connectivity index (χ3v) is 1.82. The largest absolute Gasteiger partial charge is 0.481 e. The molecule has 4 heteroatoms. The second-order valence-electron chi connectivity index (χ2n) is 3.73. The molecule has 0 heterocycles. The third-order valence-electron chi connectivity index (χ3n) is 1.82. The van der Waals surface area contributed by atoms with Crippen molar-refractivity contribution in [2.24, 2.45) is 5.92 Å². The molecule has 80 valence electrons. The first-order valence-corrected chi connectivity index (χ1v) is 4.48. The Labute approximate surface area is 83.2 Å². The van der Waals surface area contributed by atoms with Gasteiger partial charge in [-0.05, 0) is 19.3 Å². The van der Waals surface area contributed by atoms with Gasteiger partial charge >= 0.3 is 11.9 Å². The number of carboxylic acids is 2. The first-order valence-electron chi connectivity index (χ1n) is 4.48. The van der Waals surface area contributed by atoms with Crippen LogP contribution in [0.5, 0.6) is 0 Å². The molecule has 0 aromatic rings. The van der Waals surface area contributed by atoms with Crippen LogP contribution in [0.3, 0.4) is 0 Å². The van der Waals surface area contributed by atoms with Gasteiger partial charge in [0.05, 0.1) is 6.42 Å². The lowest BCUT2D eigenvalue weighted by atomic mass is 9.98. The summed E-state index contributed by atoms with van der Waals surface area (Å²) in [6.45, 7) is 5.60. The Morgan fingerprint density at radius 2 is 1.71 bits per heavy atom. The lowest BCUT2D eigenvalue weighted by Crippen LogP contribution is -2.09. The van der Waals surface area contributed by atoms with Gasteiger partial charge in [-0.3, -0.25) is 4.79 Å². The minimum absolute atomic E-state index is 0.00574. The van der Waals surface area contributed by atoms with Gasteiger partial charge in [-0.2, -0.15) is 0 Å². The van der Waals surface area contributed by atoms with Gasteiger partial charge in [-0.15, -0.1) is 0 Å². The summed E-state index contributed by atoms with van der Waals surface area (Å²) in [7, 11) is 0. The van der Waals surface area contributed by atoms with Crippen LogP contribution >= 0.6 is 0 Å². The van der Waals surface area contributed by atoms with E-state index in [-0.39, 0.29) is 5.57 Å². The van der Waals surface area contributed by atoms with E-state index < -0.39 is 18.4 Å². The van der Waals surface area contributed by atoms with Crippen LogP contribution in [0.2, 0.25) is 0 Å². The minimum Gasteiger partial charge on any atom is -0.481 e. The van der Waals surface area contributed by atoms with E-state index in [9.17, 15) is 9.59 Å². The summed E-state index contributed by atoms with van der Waals surface area (Å²) in [5.74, 6) is -1.91. The van der Waals surface area contributed by atoms with Crippen LogP contribution in [0.25, 0.3) is 0 Å². The Bertz CT molecular complexity index is 263. The smallest absolute Gasteiger partial charge is 0.332 e. The molecule has 0 bridgehead atoms. The standard InChI is InChI=1S/C10H16O4/c1-6(2)4-7(3)8(10(13)14)5-9(11)12/h6H,4-5H2,1-3H3,(H,11,12)(H,13,14). The molecule has 0 spiro atoms. The van der Waals surface area contributed by atoms with Crippen molar-refractivity contribution in [1.82, 2.24) is 0 Å². The summed E-state index contributed by atoms with van der Waals surface area (Å²) in [5, 5.41) is 17.3.